The molecule has 0 aliphatic rings. The number of nitrogens with one attached hydrogen (secondary N) is 1. The minimum Gasteiger partial charge on any atom is -0.487 e. The second-order valence-electron chi connectivity index (χ2n) is 9.04. The molecule has 1 amide bonds. The van der Waals surface area contributed by atoms with Gasteiger partial charge < -0.3 is 9.30 Å². The fraction of sp³-hybridized carbons (Fsp3) is 0.0625. The van der Waals surface area contributed by atoms with Crippen LogP contribution in [0.2, 0.25) is 0 Å². The van der Waals surface area contributed by atoms with Gasteiger partial charge in [0, 0.05) is 16.9 Å². The van der Waals surface area contributed by atoms with E-state index in [1.807, 2.05) is 48.5 Å². The molecule has 0 saturated carbocycles. The summed E-state index contributed by atoms with van der Waals surface area (Å²) < 4.78 is 23.1. The Hall–Kier alpha value is -3.76. The molecule has 8 heteroatoms. The van der Waals surface area contributed by atoms with Gasteiger partial charge in [0.2, 0.25) is 0 Å². The summed E-state index contributed by atoms with van der Waals surface area (Å²) in [5.41, 5.74) is 8.91. The minimum atomic E-state index is -0.306. The quantitative estimate of drug-likeness (QED) is 0.100. The van der Waals surface area contributed by atoms with Gasteiger partial charge in [-0.25, -0.2) is 9.82 Å². The van der Waals surface area contributed by atoms with Crippen LogP contribution in [0.25, 0.3) is 16.9 Å². The highest BCUT2D eigenvalue weighted by Gasteiger charge is 2.12. The second-order valence-corrected chi connectivity index (χ2v) is 11.1. The van der Waals surface area contributed by atoms with E-state index in [-0.39, 0.29) is 18.3 Å². The number of aromatic nitrogens is 1. The molecule has 1 aromatic heterocycles. The molecular formula is C32H24BrFIN3O2. The Balaban J connectivity index is 1.23. The van der Waals surface area contributed by atoms with Gasteiger partial charge >= 0.3 is 0 Å². The van der Waals surface area contributed by atoms with Crippen LogP contribution in [0.15, 0.2) is 113 Å². The predicted molar refractivity (Wildman–Crippen MR) is 169 cm³/mol. The number of ether oxygens (including phenoxy) is 1. The Bertz CT molecular complexity index is 1660. The monoisotopic (exact) mass is 707 g/mol. The molecule has 5 rings (SSSR count). The number of halogens is 3. The summed E-state index contributed by atoms with van der Waals surface area (Å²) in [4.78, 5) is 12.7. The number of hydrogen-bond acceptors (Lipinski definition) is 3. The molecule has 0 atom stereocenters. The molecule has 4 aromatic carbocycles. The van der Waals surface area contributed by atoms with Crippen LogP contribution >= 0.6 is 38.5 Å². The van der Waals surface area contributed by atoms with E-state index in [1.54, 1.807) is 24.4 Å². The van der Waals surface area contributed by atoms with Gasteiger partial charge in [-0.1, -0.05) is 42.5 Å². The maximum atomic E-state index is 13.4. The van der Waals surface area contributed by atoms with Gasteiger partial charge in [-0.05, 0) is 123 Å². The van der Waals surface area contributed by atoms with Crippen LogP contribution in [0.1, 0.15) is 27.2 Å². The van der Waals surface area contributed by atoms with E-state index in [1.165, 1.54) is 12.1 Å². The average molecular weight is 708 g/mol. The first kappa shape index (κ1) is 27.8. The van der Waals surface area contributed by atoms with Crippen LogP contribution in [0, 0.1) is 16.3 Å². The molecule has 0 aliphatic carbocycles. The van der Waals surface area contributed by atoms with Gasteiger partial charge in [-0.15, -0.1) is 0 Å². The van der Waals surface area contributed by atoms with E-state index in [0.29, 0.717) is 11.3 Å². The summed E-state index contributed by atoms with van der Waals surface area (Å²) in [6.07, 6.45) is 1.57. The van der Waals surface area contributed by atoms with Crippen LogP contribution in [-0.2, 0) is 6.61 Å². The molecule has 0 spiro atoms. The number of hydrogen-bond donors (Lipinski definition) is 1. The van der Waals surface area contributed by atoms with E-state index in [0.717, 1.165) is 41.8 Å². The van der Waals surface area contributed by atoms with Crippen molar-refractivity contribution in [3.8, 4) is 22.7 Å². The van der Waals surface area contributed by atoms with Crippen molar-refractivity contribution < 1.29 is 13.9 Å². The summed E-state index contributed by atoms with van der Waals surface area (Å²) in [7, 11) is 0. The first-order chi connectivity index (χ1) is 19.4. The molecule has 1 heterocycles. The number of aryl methyl sites for hydroxylation is 1. The molecule has 0 bridgehead atoms. The van der Waals surface area contributed by atoms with Crippen LogP contribution in [0.5, 0.6) is 5.75 Å². The average Bonchev–Trinajstić information content (AvgIpc) is 3.34. The maximum absolute atomic E-state index is 13.4. The van der Waals surface area contributed by atoms with E-state index < -0.39 is 0 Å². The van der Waals surface area contributed by atoms with Crippen LogP contribution in [-0.4, -0.2) is 16.7 Å². The lowest BCUT2D eigenvalue weighted by atomic mass is 10.1. The highest BCUT2D eigenvalue weighted by Crippen LogP contribution is 2.32. The van der Waals surface area contributed by atoms with E-state index >= 15 is 0 Å². The molecular weight excluding hydrogens is 684 g/mol. The van der Waals surface area contributed by atoms with Gasteiger partial charge in [0.25, 0.3) is 5.91 Å². The Kier molecular flexibility index (Phi) is 8.76. The Morgan fingerprint density at radius 3 is 2.50 bits per heavy atom. The summed E-state index contributed by atoms with van der Waals surface area (Å²) in [6, 6.07) is 31.9. The fourth-order valence-electron chi connectivity index (χ4n) is 4.28. The highest BCUT2D eigenvalue weighted by atomic mass is 127. The Morgan fingerprint density at radius 2 is 1.77 bits per heavy atom. The maximum Gasteiger partial charge on any atom is 0.271 e. The first-order valence-electron chi connectivity index (χ1n) is 12.4. The number of carbonyl (C=O) groups is 1. The van der Waals surface area contributed by atoms with Gasteiger partial charge in [0.1, 0.15) is 18.2 Å². The number of hydrazone groups is 1. The molecule has 0 aliphatic heterocycles. The van der Waals surface area contributed by atoms with Crippen LogP contribution in [0.3, 0.4) is 0 Å². The lowest BCUT2D eigenvalue weighted by molar-refractivity contribution is 0.0955. The lowest BCUT2D eigenvalue weighted by Crippen LogP contribution is -2.17. The molecule has 0 saturated heterocycles. The number of nitrogens with zero attached hydrogens (tertiary/aromatic N) is 2. The van der Waals surface area contributed by atoms with Crippen LogP contribution in [0.4, 0.5) is 4.39 Å². The number of benzene rings is 4. The third-order valence-electron chi connectivity index (χ3n) is 6.21. The molecule has 200 valence electrons. The van der Waals surface area contributed by atoms with Crippen molar-refractivity contribution in [1.29, 1.82) is 0 Å². The zero-order valence-electron chi connectivity index (χ0n) is 21.4. The summed E-state index contributed by atoms with van der Waals surface area (Å²) >= 11 is 5.71. The van der Waals surface area contributed by atoms with Crippen molar-refractivity contribution in [2.45, 2.75) is 13.5 Å². The molecule has 0 fully saturated rings. The lowest BCUT2D eigenvalue weighted by Gasteiger charge is -2.13. The van der Waals surface area contributed by atoms with Crippen molar-refractivity contribution in [3.63, 3.8) is 0 Å². The zero-order chi connectivity index (χ0) is 28.1. The third-order valence-corrected chi connectivity index (χ3v) is 7.60. The Labute approximate surface area is 254 Å². The standard InChI is InChI=1S/C32H24BrFIN3O2/c1-21-10-15-30(24-7-3-2-4-8-24)38(21)27-13-11-25(12-14-27)32(39)37-36-19-23-17-28(33)31(29(35)18-23)40-20-22-6-5-9-26(34)16-22/h2-19H,20H2,1H3,(H,37,39)/b36-19+. The smallest absolute Gasteiger partial charge is 0.271 e. The van der Waals surface area contributed by atoms with Crippen molar-refractivity contribution in [2.75, 3.05) is 0 Å². The van der Waals surface area contributed by atoms with E-state index in [4.69, 9.17) is 4.74 Å². The number of carbonyl (C=O) groups excluding carboxylic acids is 1. The normalized spacial score (nSPS) is 11.1. The molecule has 1 N–H and O–H groups in total. The van der Waals surface area contributed by atoms with Crippen molar-refractivity contribution in [1.82, 2.24) is 9.99 Å². The van der Waals surface area contributed by atoms with Crippen molar-refractivity contribution in [3.05, 3.63) is 139 Å². The summed E-state index contributed by atoms with van der Waals surface area (Å²) in [5, 5.41) is 4.14. The molecule has 0 radical (unpaired) electrons. The molecule has 5 aromatic rings. The number of amides is 1. The van der Waals surface area contributed by atoms with Gasteiger partial charge in [0.15, 0.2) is 0 Å². The third kappa shape index (κ3) is 6.51. The molecule has 5 nitrogen and oxygen atoms in total. The summed E-state index contributed by atoms with van der Waals surface area (Å²) in [5.74, 6) is 0.0474. The molecule has 0 unspecified atom stereocenters. The van der Waals surface area contributed by atoms with E-state index in [2.05, 4.69) is 84.8 Å². The number of rotatable bonds is 8. The van der Waals surface area contributed by atoms with Gasteiger partial charge in [-0.3, -0.25) is 4.79 Å². The van der Waals surface area contributed by atoms with E-state index in [9.17, 15) is 9.18 Å². The van der Waals surface area contributed by atoms with Crippen molar-refractivity contribution >= 4 is 50.6 Å². The Morgan fingerprint density at radius 1 is 1.00 bits per heavy atom. The predicted octanol–water partition coefficient (Wildman–Crippen LogP) is 8.30. The van der Waals surface area contributed by atoms with Gasteiger partial charge in [-0.2, -0.15) is 5.10 Å². The zero-order valence-corrected chi connectivity index (χ0v) is 25.2. The largest absolute Gasteiger partial charge is 0.487 e. The van der Waals surface area contributed by atoms with Gasteiger partial charge in [0.05, 0.1) is 20.0 Å². The van der Waals surface area contributed by atoms with Crippen LogP contribution < -0.4 is 10.2 Å². The summed E-state index contributed by atoms with van der Waals surface area (Å²) in [6.45, 7) is 2.30. The second kappa shape index (κ2) is 12.6. The highest BCUT2D eigenvalue weighted by molar-refractivity contribution is 14.1. The molecule has 40 heavy (non-hydrogen) atoms. The minimum absolute atomic E-state index is 0.242. The first-order valence-corrected chi connectivity index (χ1v) is 14.3. The topological polar surface area (TPSA) is 55.6 Å². The SMILES string of the molecule is Cc1ccc(-c2ccccc2)n1-c1ccc(C(=O)N/N=C/c2cc(Br)c(OCc3cccc(F)c3)c(I)c2)cc1. The fourth-order valence-corrected chi connectivity index (χ4v) is 6.05. The van der Waals surface area contributed by atoms with Crippen molar-refractivity contribution in [2.24, 2.45) is 5.10 Å².